The Morgan fingerprint density at radius 1 is 1.07 bits per heavy atom. The van der Waals surface area contributed by atoms with Gasteiger partial charge in [0.25, 0.3) is 0 Å². The number of benzene rings is 1. The van der Waals surface area contributed by atoms with Crippen molar-refractivity contribution >= 4 is 17.8 Å². The third-order valence-corrected chi connectivity index (χ3v) is 3.35. The molecule has 142 valence electrons. The maximum atomic E-state index is 12.4. The van der Waals surface area contributed by atoms with Gasteiger partial charge in [-0.05, 0) is 45.4 Å². The molecule has 0 spiro atoms. The second kappa shape index (κ2) is 8.93. The molecule has 0 fully saturated rings. The van der Waals surface area contributed by atoms with Crippen LogP contribution in [0.1, 0.15) is 45.0 Å². The molecule has 0 radical (unpaired) electrons. The van der Waals surface area contributed by atoms with E-state index in [1.165, 1.54) is 6.20 Å². The van der Waals surface area contributed by atoms with Crippen LogP contribution < -0.4 is 5.32 Å². The van der Waals surface area contributed by atoms with Gasteiger partial charge in [-0.15, -0.1) is 0 Å². The Bertz CT molecular complexity index is 799. The van der Waals surface area contributed by atoms with Crippen molar-refractivity contribution < 1.29 is 19.2 Å². The molecule has 7 heteroatoms. The molecule has 1 atom stereocenters. The molecule has 0 bridgehead atoms. The maximum absolute atomic E-state index is 12.4. The Morgan fingerprint density at radius 2 is 1.74 bits per heavy atom. The second-order valence-electron chi connectivity index (χ2n) is 6.81. The van der Waals surface area contributed by atoms with Gasteiger partial charge in [-0.25, -0.2) is 9.59 Å². The highest BCUT2D eigenvalue weighted by atomic mass is 16.7. The number of pyridine rings is 1. The fraction of sp³-hybridized carbons (Fsp3) is 0.300. The Kier molecular flexibility index (Phi) is 6.65. The predicted molar refractivity (Wildman–Crippen MR) is 101 cm³/mol. The first-order chi connectivity index (χ1) is 12.8. The SMILES string of the molecule is C[C@H](NC(=O)O/N=C(\C(=O)OC(C)(C)C)c1ccccn1)c1ccccc1. The predicted octanol–water partition coefficient (Wildman–Crippen LogP) is 3.61. The van der Waals surface area contributed by atoms with Crippen LogP contribution in [0.3, 0.4) is 0 Å². The summed E-state index contributed by atoms with van der Waals surface area (Å²) in [6.45, 7) is 7.01. The first-order valence-corrected chi connectivity index (χ1v) is 8.51. The molecule has 1 amide bonds. The van der Waals surface area contributed by atoms with Gasteiger partial charge in [0.2, 0.25) is 5.71 Å². The molecule has 1 aromatic carbocycles. The lowest BCUT2D eigenvalue weighted by atomic mass is 10.1. The zero-order valence-corrected chi connectivity index (χ0v) is 15.8. The monoisotopic (exact) mass is 369 g/mol. The van der Waals surface area contributed by atoms with Crippen LogP contribution in [-0.4, -0.2) is 28.4 Å². The molecule has 7 nitrogen and oxygen atoms in total. The number of nitrogens with one attached hydrogen (secondary N) is 1. The minimum atomic E-state index is -0.789. The van der Waals surface area contributed by atoms with Crippen LogP contribution >= 0.6 is 0 Å². The molecule has 0 unspecified atom stereocenters. The number of aromatic nitrogens is 1. The van der Waals surface area contributed by atoms with E-state index in [9.17, 15) is 9.59 Å². The number of nitrogens with zero attached hydrogens (tertiary/aromatic N) is 2. The molecule has 1 heterocycles. The summed E-state index contributed by atoms with van der Waals surface area (Å²) in [5.41, 5.74) is 0.246. The van der Waals surface area contributed by atoms with Gasteiger partial charge in [0.05, 0.1) is 11.7 Å². The molecule has 0 saturated heterocycles. The molecule has 0 aliphatic heterocycles. The molecular formula is C20H23N3O4. The van der Waals surface area contributed by atoms with E-state index < -0.39 is 17.7 Å². The van der Waals surface area contributed by atoms with Crippen molar-refractivity contribution in [2.45, 2.75) is 39.3 Å². The second-order valence-corrected chi connectivity index (χ2v) is 6.81. The Morgan fingerprint density at radius 3 is 2.33 bits per heavy atom. The van der Waals surface area contributed by atoms with E-state index in [1.807, 2.05) is 37.3 Å². The van der Waals surface area contributed by atoms with Crippen LogP contribution in [0.25, 0.3) is 0 Å². The molecule has 0 aliphatic rings. The van der Waals surface area contributed by atoms with E-state index in [4.69, 9.17) is 9.57 Å². The Balaban J connectivity index is 2.12. The largest absolute Gasteiger partial charge is 0.455 e. The van der Waals surface area contributed by atoms with Crippen LogP contribution in [0.2, 0.25) is 0 Å². The maximum Gasteiger partial charge on any atom is 0.433 e. The van der Waals surface area contributed by atoms with Crippen molar-refractivity contribution in [1.82, 2.24) is 10.3 Å². The zero-order valence-electron chi connectivity index (χ0n) is 15.8. The summed E-state index contributed by atoms with van der Waals surface area (Å²) >= 11 is 0. The lowest BCUT2D eigenvalue weighted by molar-refractivity contribution is -0.146. The normalized spacial score (nSPS) is 12.8. The molecular weight excluding hydrogens is 346 g/mol. The molecule has 27 heavy (non-hydrogen) atoms. The summed E-state index contributed by atoms with van der Waals surface area (Å²) < 4.78 is 5.32. The topological polar surface area (TPSA) is 89.9 Å². The summed E-state index contributed by atoms with van der Waals surface area (Å²) in [6, 6.07) is 14.1. The van der Waals surface area contributed by atoms with E-state index in [0.717, 1.165) is 5.56 Å². The minimum Gasteiger partial charge on any atom is -0.455 e. The minimum absolute atomic E-state index is 0.187. The molecule has 2 aromatic rings. The summed E-state index contributed by atoms with van der Waals surface area (Å²) in [5.74, 6) is -0.731. The summed E-state index contributed by atoms with van der Waals surface area (Å²) in [4.78, 5) is 33.4. The van der Waals surface area contributed by atoms with E-state index >= 15 is 0 Å². The average molecular weight is 369 g/mol. The number of hydrogen-bond donors (Lipinski definition) is 1. The molecule has 0 saturated carbocycles. The van der Waals surface area contributed by atoms with E-state index in [0.29, 0.717) is 0 Å². The fourth-order valence-electron chi connectivity index (χ4n) is 2.13. The first-order valence-electron chi connectivity index (χ1n) is 8.51. The first kappa shape index (κ1) is 20.1. The third kappa shape index (κ3) is 6.54. The molecule has 2 rings (SSSR count). The van der Waals surface area contributed by atoms with Gasteiger partial charge in [-0.2, -0.15) is 0 Å². The summed E-state index contributed by atoms with van der Waals surface area (Å²) in [6.07, 6.45) is 0.718. The molecule has 0 aliphatic carbocycles. The Labute approximate surface area is 158 Å². The Hall–Kier alpha value is -3.22. The highest BCUT2D eigenvalue weighted by Crippen LogP contribution is 2.12. The lowest BCUT2D eigenvalue weighted by Gasteiger charge is -2.19. The standard InChI is InChI=1S/C20H23N3O4/c1-14(15-10-6-5-7-11-15)22-19(25)27-23-17(16-12-8-9-13-21-16)18(24)26-20(2,3)4/h5-14H,1-4H3,(H,22,25)/b23-17-/t14-/m0/s1. The lowest BCUT2D eigenvalue weighted by Crippen LogP contribution is -2.31. The number of hydrogen-bond acceptors (Lipinski definition) is 6. The smallest absolute Gasteiger partial charge is 0.433 e. The van der Waals surface area contributed by atoms with Gasteiger partial charge < -0.3 is 10.1 Å². The summed E-state index contributed by atoms with van der Waals surface area (Å²) in [7, 11) is 0. The van der Waals surface area contributed by atoms with E-state index in [-0.39, 0.29) is 17.4 Å². The number of carbonyl (C=O) groups excluding carboxylic acids is 2. The van der Waals surface area contributed by atoms with Crippen molar-refractivity contribution in [2.75, 3.05) is 0 Å². The van der Waals surface area contributed by atoms with Crippen molar-refractivity contribution in [3.8, 4) is 0 Å². The average Bonchev–Trinajstić information content (AvgIpc) is 2.62. The van der Waals surface area contributed by atoms with Crippen LogP contribution in [0.5, 0.6) is 0 Å². The third-order valence-electron chi connectivity index (χ3n) is 3.35. The zero-order chi connectivity index (χ0) is 19.9. The van der Waals surface area contributed by atoms with Gasteiger partial charge in [0.1, 0.15) is 5.60 Å². The van der Waals surface area contributed by atoms with Crippen molar-refractivity contribution in [3.63, 3.8) is 0 Å². The fourth-order valence-corrected chi connectivity index (χ4v) is 2.13. The van der Waals surface area contributed by atoms with Gasteiger partial charge in [0, 0.05) is 6.20 Å². The van der Waals surface area contributed by atoms with Crippen molar-refractivity contribution in [1.29, 1.82) is 0 Å². The number of carbonyl (C=O) groups is 2. The molecule has 1 N–H and O–H groups in total. The highest BCUT2D eigenvalue weighted by Gasteiger charge is 2.24. The van der Waals surface area contributed by atoms with Crippen LogP contribution in [0.4, 0.5) is 4.79 Å². The highest BCUT2D eigenvalue weighted by molar-refractivity contribution is 6.42. The quantitative estimate of drug-likeness (QED) is 0.376. The molecule has 1 aromatic heterocycles. The van der Waals surface area contributed by atoms with Crippen LogP contribution in [0, 0.1) is 0 Å². The number of rotatable bonds is 5. The number of amides is 1. The summed E-state index contributed by atoms with van der Waals surface area (Å²) in [5, 5.41) is 6.34. The van der Waals surface area contributed by atoms with Gasteiger partial charge in [-0.1, -0.05) is 41.6 Å². The van der Waals surface area contributed by atoms with E-state index in [1.54, 1.807) is 39.0 Å². The number of oxime groups is 1. The van der Waals surface area contributed by atoms with E-state index in [2.05, 4.69) is 15.5 Å². The van der Waals surface area contributed by atoms with Crippen molar-refractivity contribution in [2.24, 2.45) is 5.16 Å². The van der Waals surface area contributed by atoms with Gasteiger partial charge >= 0.3 is 12.1 Å². The number of esters is 1. The van der Waals surface area contributed by atoms with Crippen LogP contribution in [-0.2, 0) is 14.4 Å². The number of ether oxygens (including phenoxy) is 1. The van der Waals surface area contributed by atoms with Gasteiger partial charge in [-0.3, -0.25) is 9.82 Å². The van der Waals surface area contributed by atoms with Crippen molar-refractivity contribution in [3.05, 3.63) is 66.0 Å². The van der Waals surface area contributed by atoms with Gasteiger partial charge in [0.15, 0.2) is 0 Å². The van der Waals surface area contributed by atoms with Crippen LogP contribution in [0.15, 0.2) is 59.9 Å².